The summed E-state index contributed by atoms with van der Waals surface area (Å²) in [6.45, 7) is 10.6. The predicted molar refractivity (Wildman–Crippen MR) is 259 cm³/mol. The van der Waals surface area contributed by atoms with Gasteiger partial charge in [0, 0.05) is 38.0 Å². The minimum absolute atomic E-state index is 0.0766. The number of fused-ring (bicyclic) bond motifs is 1. The molecule has 0 unspecified atom stereocenters. The number of rotatable bonds is 10. The van der Waals surface area contributed by atoms with Crippen LogP contribution in [0, 0.1) is 6.85 Å². The number of nitrogens with zero attached hydrogens (tertiary/aromatic N) is 3. The van der Waals surface area contributed by atoms with Crippen molar-refractivity contribution in [2.75, 3.05) is 0 Å². The van der Waals surface area contributed by atoms with Gasteiger partial charge < -0.3 is 5.11 Å². The van der Waals surface area contributed by atoms with Crippen LogP contribution in [0.5, 0.6) is 5.75 Å². The Balaban J connectivity index is 1.35. The highest BCUT2D eigenvalue weighted by Crippen LogP contribution is 2.45. The molecule has 2 aromatic heterocycles. The van der Waals surface area contributed by atoms with Gasteiger partial charge in [0.1, 0.15) is 11.6 Å². The Morgan fingerprint density at radius 1 is 0.565 bits per heavy atom. The van der Waals surface area contributed by atoms with Crippen LogP contribution in [0.4, 0.5) is 0 Å². The molecule has 1 N–H and O–H groups in total. The van der Waals surface area contributed by atoms with Gasteiger partial charge in [0.15, 0.2) is 0 Å². The monoisotopic (exact) mass is 810 g/mol. The van der Waals surface area contributed by atoms with Gasteiger partial charge in [0.05, 0.1) is 28.0 Å². The fourth-order valence-corrected chi connectivity index (χ4v) is 8.69. The SMILES string of the molecule is [2H]C([2H])([2H])c1cc(-c2cc(-c3cccc4c3nc(-c3cc(C(C)C)cc(C(C)C)c3O)n4-c3ccccc3-c3ccccc3)cc(C(C)(C)c3ccccc3)c2)ncc1-c1ccccc1. The molecule has 0 atom stereocenters. The third kappa shape index (κ3) is 7.40. The third-order valence-electron chi connectivity index (χ3n) is 12.4. The molecule has 0 radical (unpaired) electrons. The van der Waals surface area contributed by atoms with Crippen molar-refractivity contribution in [1.82, 2.24) is 14.5 Å². The zero-order chi connectivity index (χ0) is 45.6. The first-order chi connectivity index (χ1) is 31.2. The number of imidazole rings is 1. The summed E-state index contributed by atoms with van der Waals surface area (Å²) in [7, 11) is 0. The van der Waals surface area contributed by atoms with Crippen molar-refractivity contribution in [2.45, 2.75) is 65.6 Å². The van der Waals surface area contributed by atoms with Gasteiger partial charge >= 0.3 is 0 Å². The number of benzene rings is 7. The molecule has 4 nitrogen and oxygen atoms in total. The number of para-hydroxylation sites is 2. The van der Waals surface area contributed by atoms with Crippen molar-refractivity contribution in [3.8, 4) is 67.5 Å². The van der Waals surface area contributed by atoms with E-state index in [1.807, 2.05) is 42.5 Å². The van der Waals surface area contributed by atoms with E-state index in [2.05, 4.69) is 167 Å². The molecule has 0 spiro atoms. The molecule has 0 aliphatic rings. The van der Waals surface area contributed by atoms with Crippen molar-refractivity contribution in [2.24, 2.45) is 0 Å². The van der Waals surface area contributed by atoms with E-state index in [0.717, 1.165) is 72.4 Å². The minimum atomic E-state index is -2.38. The summed E-state index contributed by atoms with van der Waals surface area (Å²) in [5.41, 5.74) is 13.9. The predicted octanol–water partition coefficient (Wildman–Crippen LogP) is 15.3. The van der Waals surface area contributed by atoms with Crippen molar-refractivity contribution in [3.05, 3.63) is 204 Å². The molecule has 0 saturated carbocycles. The van der Waals surface area contributed by atoms with Crippen molar-refractivity contribution >= 4 is 11.0 Å². The molecule has 0 aliphatic carbocycles. The maximum atomic E-state index is 12.3. The molecule has 0 amide bonds. The normalized spacial score (nSPS) is 12.7. The second-order valence-electron chi connectivity index (χ2n) is 17.4. The highest BCUT2D eigenvalue weighted by molar-refractivity contribution is 5.98. The first kappa shape index (κ1) is 36.8. The van der Waals surface area contributed by atoms with Crippen LogP contribution in [0.3, 0.4) is 0 Å². The number of aromatic hydroxyl groups is 1. The lowest BCUT2D eigenvalue weighted by Crippen LogP contribution is -2.19. The largest absolute Gasteiger partial charge is 0.507 e. The van der Waals surface area contributed by atoms with Crippen LogP contribution in [0.15, 0.2) is 176 Å². The molecule has 9 rings (SSSR count). The van der Waals surface area contributed by atoms with Crippen LogP contribution in [0.1, 0.15) is 85.3 Å². The molecule has 9 aromatic rings. The molecule has 4 heteroatoms. The van der Waals surface area contributed by atoms with E-state index in [1.165, 1.54) is 0 Å². The van der Waals surface area contributed by atoms with Gasteiger partial charge in [-0.15, -0.1) is 0 Å². The van der Waals surface area contributed by atoms with Crippen LogP contribution in [-0.2, 0) is 5.41 Å². The number of aromatic nitrogens is 3. The topological polar surface area (TPSA) is 50.9 Å². The first-order valence-corrected chi connectivity index (χ1v) is 21.5. The third-order valence-corrected chi connectivity index (χ3v) is 12.4. The Morgan fingerprint density at radius 2 is 1.19 bits per heavy atom. The lowest BCUT2D eigenvalue weighted by Gasteiger charge is -2.27. The summed E-state index contributed by atoms with van der Waals surface area (Å²) in [6, 6.07) is 57.5. The number of aryl methyl sites for hydroxylation is 1. The summed E-state index contributed by atoms with van der Waals surface area (Å²) in [5, 5.41) is 12.3. The van der Waals surface area contributed by atoms with Crippen LogP contribution >= 0.6 is 0 Å². The Kier molecular flexibility index (Phi) is 9.75. The van der Waals surface area contributed by atoms with E-state index in [1.54, 1.807) is 12.3 Å². The number of hydrogen-bond donors (Lipinski definition) is 1. The molecule has 2 heterocycles. The number of pyridine rings is 1. The second-order valence-corrected chi connectivity index (χ2v) is 17.4. The van der Waals surface area contributed by atoms with E-state index < -0.39 is 12.3 Å². The number of phenols is 1. The lowest BCUT2D eigenvalue weighted by atomic mass is 9.76. The van der Waals surface area contributed by atoms with Gasteiger partial charge in [0.25, 0.3) is 0 Å². The highest BCUT2D eigenvalue weighted by atomic mass is 16.3. The van der Waals surface area contributed by atoms with Crippen LogP contribution in [0.2, 0.25) is 0 Å². The van der Waals surface area contributed by atoms with Crippen molar-refractivity contribution in [1.29, 1.82) is 0 Å². The molecule has 62 heavy (non-hydrogen) atoms. The van der Waals surface area contributed by atoms with E-state index in [-0.39, 0.29) is 23.1 Å². The Bertz CT molecular complexity index is 3170. The zero-order valence-electron chi connectivity index (χ0n) is 39.2. The lowest BCUT2D eigenvalue weighted by molar-refractivity contribution is 0.466. The smallest absolute Gasteiger partial charge is 0.149 e. The average molecular weight is 811 g/mol. The second kappa shape index (κ2) is 16.4. The van der Waals surface area contributed by atoms with Crippen molar-refractivity contribution in [3.63, 3.8) is 0 Å². The van der Waals surface area contributed by atoms with E-state index in [4.69, 9.17) is 14.1 Å². The molecular weight excluding hydrogens is 755 g/mol. The Hall–Kier alpha value is -7.04. The van der Waals surface area contributed by atoms with Gasteiger partial charge in [-0.05, 0) is 99.6 Å². The molecule has 306 valence electrons. The van der Waals surface area contributed by atoms with Gasteiger partial charge in [-0.2, -0.15) is 0 Å². The molecule has 0 bridgehead atoms. The Morgan fingerprint density at radius 3 is 1.87 bits per heavy atom. The standard InChI is InChI=1S/C58H53N3O/c1-37(2)42-34-49(38(3)4)56(62)50(35-42)57-60-55-48(27-19-29-54(55)61(57)53-28-18-17-26-47(53)40-20-11-8-12-21-40)43-31-44(33-46(32-43)58(6,7)45-24-15-10-16-25-45)52-30-39(5)51(36-59-52)41-22-13-9-14-23-41/h8-38,62H,1-7H3/i5D3. The van der Waals surface area contributed by atoms with Gasteiger partial charge in [-0.3, -0.25) is 9.55 Å². The average Bonchev–Trinajstić information content (AvgIpc) is 3.71. The fraction of sp³-hybridized carbons (Fsp3) is 0.172. The summed E-state index contributed by atoms with van der Waals surface area (Å²) in [6.07, 6.45) is 1.70. The van der Waals surface area contributed by atoms with Crippen LogP contribution in [-0.4, -0.2) is 19.6 Å². The summed E-state index contributed by atoms with van der Waals surface area (Å²) < 4.78 is 28.1. The van der Waals surface area contributed by atoms with Gasteiger partial charge in [-0.1, -0.05) is 175 Å². The van der Waals surface area contributed by atoms with Crippen molar-refractivity contribution < 1.29 is 9.22 Å². The highest BCUT2D eigenvalue weighted by Gasteiger charge is 2.27. The quantitative estimate of drug-likeness (QED) is 0.150. The molecular formula is C58H53N3O. The van der Waals surface area contributed by atoms with E-state index in [0.29, 0.717) is 22.6 Å². The minimum Gasteiger partial charge on any atom is -0.507 e. The van der Waals surface area contributed by atoms with Crippen LogP contribution < -0.4 is 0 Å². The number of phenolic OH excluding ortho intramolecular Hbond substituents is 1. The maximum Gasteiger partial charge on any atom is 0.149 e. The van der Waals surface area contributed by atoms with Gasteiger partial charge in [-0.25, -0.2) is 4.98 Å². The zero-order valence-corrected chi connectivity index (χ0v) is 36.2. The van der Waals surface area contributed by atoms with Gasteiger partial charge in [0.2, 0.25) is 0 Å². The molecule has 0 saturated heterocycles. The molecule has 0 aliphatic heterocycles. The fourth-order valence-electron chi connectivity index (χ4n) is 8.69. The summed E-state index contributed by atoms with van der Waals surface area (Å²) >= 11 is 0. The van der Waals surface area contributed by atoms with E-state index >= 15 is 0 Å². The maximum absolute atomic E-state index is 12.3. The molecule has 0 fully saturated rings. The molecule has 7 aromatic carbocycles. The Labute approximate surface area is 370 Å². The van der Waals surface area contributed by atoms with E-state index in [9.17, 15) is 5.11 Å². The first-order valence-electron chi connectivity index (χ1n) is 23.0. The van der Waals surface area contributed by atoms with Crippen LogP contribution in [0.25, 0.3) is 72.7 Å². The summed E-state index contributed by atoms with van der Waals surface area (Å²) in [4.78, 5) is 10.6. The number of hydrogen-bond acceptors (Lipinski definition) is 3. The summed E-state index contributed by atoms with van der Waals surface area (Å²) in [5.74, 6) is 1.16.